The van der Waals surface area contributed by atoms with Gasteiger partial charge in [-0.2, -0.15) is 5.10 Å². The summed E-state index contributed by atoms with van der Waals surface area (Å²) in [6, 6.07) is 10.1. The molecule has 3 rings (SSSR count). The number of rotatable bonds is 3. The maximum absolute atomic E-state index is 8.21. The van der Waals surface area contributed by atoms with Gasteiger partial charge in [0.05, 0.1) is 11.2 Å². The standard InChI is InChI=1S/C12H11N5S/c13-18-11(6-10-4-2-1-3-5-10)15-7-12(18)17-9-14-8-16-17/h1-5,7-9,13H,6H2. The van der Waals surface area contributed by atoms with Crippen molar-refractivity contribution in [1.82, 2.24) is 14.8 Å². The number of aliphatic imine (C=N–C) groups is 1. The predicted molar refractivity (Wildman–Crippen MR) is 72.0 cm³/mol. The van der Waals surface area contributed by atoms with Gasteiger partial charge in [-0.05, 0) is 16.3 Å². The topological polar surface area (TPSA) is 66.9 Å². The van der Waals surface area contributed by atoms with E-state index in [1.165, 1.54) is 11.9 Å². The van der Waals surface area contributed by atoms with E-state index in [9.17, 15) is 0 Å². The van der Waals surface area contributed by atoms with Crippen molar-refractivity contribution >= 4 is 20.8 Å². The largest absolute Gasteiger partial charge is 0.268 e. The van der Waals surface area contributed by atoms with Gasteiger partial charge in [0.25, 0.3) is 0 Å². The first-order valence-electron chi connectivity index (χ1n) is 5.46. The van der Waals surface area contributed by atoms with Crippen molar-refractivity contribution in [2.24, 2.45) is 4.99 Å². The van der Waals surface area contributed by atoms with E-state index < -0.39 is 10.7 Å². The SMILES string of the molecule is N=S1C(n2cncn2)=CN=C1Cc1ccccc1. The minimum Gasteiger partial charge on any atom is -0.268 e. The Kier molecular flexibility index (Phi) is 2.85. The van der Waals surface area contributed by atoms with E-state index in [2.05, 4.69) is 15.1 Å². The maximum Gasteiger partial charge on any atom is 0.138 e. The number of hydrogen-bond acceptors (Lipinski definition) is 4. The molecule has 2 heterocycles. The molecule has 0 spiro atoms. The van der Waals surface area contributed by atoms with Gasteiger partial charge >= 0.3 is 0 Å². The number of hydrogen-bond donors (Lipinski definition) is 1. The fourth-order valence-electron chi connectivity index (χ4n) is 1.72. The Morgan fingerprint density at radius 1 is 1.22 bits per heavy atom. The second-order valence-electron chi connectivity index (χ2n) is 3.80. The number of nitrogens with zero attached hydrogens (tertiary/aromatic N) is 4. The van der Waals surface area contributed by atoms with Crippen LogP contribution in [-0.4, -0.2) is 19.8 Å². The Balaban J connectivity index is 1.78. The lowest BCUT2D eigenvalue weighted by molar-refractivity contribution is 0.923. The van der Waals surface area contributed by atoms with Gasteiger partial charge in [-0.15, -0.1) is 0 Å². The second-order valence-corrected chi connectivity index (χ2v) is 5.30. The summed E-state index contributed by atoms with van der Waals surface area (Å²) in [4.78, 5) is 8.23. The third-order valence-electron chi connectivity index (χ3n) is 2.61. The predicted octanol–water partition coefficient (Wildman–Crippen LogP) is 2.07. The molecule has 2 aromatic rings. The molecule has 1 aromatic carbocycles. The maximum atomic E-state index is 8.21. The van der Waals surface area contributed by atoms with Crippen LogP contribution < -0.4 is 0 Å². The molecular weight excluding hydrogens is 246 g/mol. The Morgan fingerprint density at radius 3 is 2.78 bits per heavy atom. The van der Waals surface area contributed by atoms with Crippen molar-refractivity contribution in [2.45, 2.75) is 6.42 Å². The minimum atomic E-state index is -0.757. The van der Waals surface area contributed by atoms with Crippen LogP contribution in [0.25, 0.3) is 5.03 Å². The van der Waals surface area contributed by atoms with Crippen LogP contribution in [0.15, 0.2) is 54.2 Å². The summed E-state index contributed by atoms with van der Waals surface area (Å²) in [7, 11) is -0.757. The first-order valence-corrected chi connectivity index (χ1v) is 6.68. The highest BCUT2D eigenvalue weighted by atomic mass is 32.2. The fourth-order valence-corrected chi connectivity index (χ4v) is 2.87. The number of nitrogens with one attached hydrogen (secondary N) is 1. The summed E-state index contributed by atoms with van der Waals surface area (Å²) < 4.78 is 9.82. The van der Waals surface area contributed by atoms with Crippen LogP contribution in [0.5, 0.6) is 0 Å². The lowest BCUT2D eigenvalue weighted by atomic mass is 10.2. The molecule has 1 unspecified atom stereocenters. The van der Waals surface area contributed by atoms with Crippen LogP contribution in [0.4, 0.5) is 0 Å². The quantitative estimate of drug-likeness (QED) is 0.914. The van der Waals surface area contributed by atoms with E-state index in [4.69, 9.17) is 4.78 Å². The molecule has 5 nitrogen and oxygen atoms in total. The molecule has 18 heavy (non-hydrogen) atoms. The van der Waals surface area contributed by atoms with Crippen LogP contribution in [0.3, 0.4) is 0 Å². The molecule has 0 saturated carbocycles. The van der Waals surface area contributed by atoms with E-state index in [1.807, 2.05) is 30.3 Å². The van der Waals surface area contributed by atoms with E-state index in [0.717, 1.165) is 10.1 Å². The zero-order chi connectivity index (χ0) is 12.4. The van der Waals surface area contributed by atoms with Crippen molar-refractivity contribution < 1.29 is 0 Å². The molecule has 0 saturated heterocycles. The third-order valence-corrected chi connectivity index (χ3v) is 4.04. The molecule has 0 bridgehead atoms. The van der Waals surface area contributed by atoms with Crippen molar-refractivity contribution in [2.75, 3.05) is 0 Å². The molecule has 0 aliphatic carbocycles. The molecule has 1 aliphatic heterocycles. The normalized spacial score (nSPS) is 18.6. The van der Waals surface area contributed by atoms with Crippen molar-refractivity contribution in [3.05, 3.63) is 54.7 Å². The average molecular weight is 257 g/mol. The monoisotopic (exact) mass is 257 g/mol. The molecule has 90 valence electrons. The van der Waals surface area contributed by atoms with Crippen LogP contribution in [0, 0.1) is 4.78 Å². The zero-order valence-corrected chi connectivity index (χ0v) is 10.3. The molecule has 1 aromatic heterocycles. The Hall–Kier alpha value is -2.08. The Morgan fingerprint density at radius 2 is 2.06 bits per heavy atom. The van der Waals surface area contributed by atoms with Gasteiger partial charge in [-0.1, -0.05) is 30.3 Å². The minimum absolute atomic E-state index is 0.710. The highest BCUT2D eigenvalue weighted by Gasteiger charge is 2.18. The van der Waals surface area contributed by atoms with Gasteiger partial charge in [0.1, 0.15) is 17.7 Å². The first kappa shape index (κ1) is 11.0. The average Bonchev–Trinajstić information content (AvgIpc) is 3.02. The first-order chi connectivity index (χ1) is 8.84. The summed E-state index contributed by atoms with van der Waals surface area (Å²) in [6.45, 7) is 0. The lowest BCUT2D eigenvalue weighted by Crippen LogP contribution is -2.10. The van der Waals surface area contributed by atoms with E-state index >= 15 is 0 Å². The molecule has 6 heteroatoms. The van der Waals surface area contributed by atoms with Crippen LogP contribution in [0.2, 0.25) is 0 Å². The van der Waals surface area contributed by atoms with Crippen LogP contribution in [0.1, 0.15) is 5.56 Å². The highest BCUT2D eigenvalue weighted by molar-refractivity contribution is 8.09. The molecule has 0 amide bonds. The van der Waals surface area contributed by atoms with Crippen LogP contribution >= 0.6 is 0 Å². The highest BCUT2D eigenvalue weighted by Crippen LogP contribution is 2.19. The molecule has 1 aliphatic rings. The number of benzene rings is 1. The number of aromatic nitrogens is 3. The Labute approximate surface area is 107 Å². The molecule has 0 radical (unpaired) electrons. The summed E-state index contributed by atoms with van der Waals surface area (Å²) in [5.74, 6) is 0. The fraction of sp³-hybridized carbons (Fsp3) is 0.0833. The summed E-state index contributed by atoms with van der Waals surface area (Å²) in [5, 5.41) is 5.68. The molecule has 0 fully saturated rings. The molecule has 1 atom stereocenters. The summed E-state index contributed by atoms with van der Waals surface area (Å²) in [5.41, 5.74) is 1.18. The van der Waals surface area contributed by atoms with E-state index in [1.54, 1.807) is 17.2 Å². The molecular formula is C12H11N5S. The van der Waals surface area contributed by atoms with Crippen molar-refractivity contribution in [3.8, 4) is 0 Å². The Bertz CT molecular complexity index is 628. The van der Waals surface area contributed by atoms with E-state index in [0.29, 0.717) is 6.42 Å². The van der Waals surface area contributed by atoms with Gasteiger partial charge in [0.15, 0.2) is 0 Å². The lowest BCUT2D eigenvalue weighted by Gasteiger charge is -2.06. The third kappa shape index (κ3) is 2.02. The van der Waals surface area contributed by atoms with Gasteiger partial charge in [0.2, 0.25) is 0 Å². The van der Waals surface area contributed by atoms with Gasteiger partial charge in [-0.3, -0.25) is 4.78 Å². The van der Waals surface area contributed by atoms with Crippen molar-refractivity contribution in [1.29, 1.82) is 4.78 Å². The van der Waals surface area contributed by atoms with Gasteiger partial charge in [0, 0.05) is 6.42 Å². The summed E-state index contributed by atoms with van der Waals surface area (Å²) >= 11 is 0. The zero-order valence-electron chi connectivity index (χ0n) is 9.52. The van der Waals surface area contributed by atoms with E-state index in [-0.39, 0.29) is 0 Å². The summed E-state index contributed by atoms with van der Waals surface area (Å²) in [6.07, 6.45) is 5.49. The van der Waals surface area contributed by atoms with Gasteiger partial charge < -0.3 is 0 Å². The van der Waals surface area contributed by atoms with Gasteiger partial charge in [-0.25, -0.2) is 14.7 Å². The van der Waals surface area contributed by atoms with Crippen molar-refractivity contribution in [3.63, 3.8) is 0 Å². The van der Waals surface area contributed by atoms with Crippen LogP contribution in [-0.2, 0) is 17.1 Å². The smallest absolute Gasteiger partial charge is 0.138 e. The second kappa shape index (κ2) is 4.66. The molecule has 1 N–H and O–H groups in total.